The molecular formula is C10H16BN4. The lowest BCUT2D eigenvalue weighted by Gasteiger charge is -2.15. The van der Waals surface area contributed by atoms with E-state index in [4.69, 9.17) is 0 Å². The molecule has 1 aliphatic heterocycles. The SMILES string of the molecule is CC1=CC(C)=[N+]N1[BH2-]n1nc(C)cc1C. The molecule has 1 aliphatic rings. The Morgan fingerprint density at radius 3 is 2.47 bits per heavy atom. The second kappa shape index (κ2) is 3.57. The zero-order valence-corrected chi connectivity index (χ0v) is 9.94. The number of nitrogens with zero attached hydrogens (tertiary/aromatic N) is 4. The van der Waals surface area contributed by atoms with E-state index < -0.39 is 7.55 Å². The van der Waals surface area contributed by atoms with Crippen LogP contribution in [-0.4, -0.2) is 27.9 Å². The Hall–Kier alpha value is -1.52. The van der Waals surface area contributed by atoms with E-state index in [1.54, 1.807) is 0 Å². The van der Waals surface area contributed by atoms with Gasteiger partial charge in [0.05, 0.1) is 5.69 Å². The van der Waals surface area contributed by atoms with Crippen molar-refractivity contribution in [1.29, 1.82) is 0 Å². The van der Waals surface area contributed by atoms with Gasteiger partial charge < -0.3 is 4.59 Å². The standard InChI is InChI=1S/C10H16BN4/c1-7-5-9(3)14(12-7)11-15-10(4)6-8(2)13-15/h5-6H,11H2,1-4H3. The first-order chi connectivity index (χ1) is 7.06. The lowest BCUT2D eigenvalue weighted by Crippen LogP contribution is -2.32. The molecule has 5 heteroatoms. The Morgan fingerprint density at radius 2 is 2.00 bits per heavy atom. The van der Waals surface area contributed by atoms with Gasteiger partial charge in [0.2, 0.25) is 0 Å². The van der Waals surface area contributed by atoms with E-state index in [1.807, 2.05) is 13.8 Å². The molecule has 0 unspecified atom stereocenters. The van der Waals surface area contributed by atoms with Gasteiger partial charge in [0.25, 0.3) is 13.3 Å². The third-order valence-corrected chi connectivity index (χ3v) is 2.85. The van der Waals surface area contributed by atoms with E-state index in [2.05, 4.69) is 45.7 Å². The smallest absolute Gasteiger partial charge is 0.281 e. The molecule has 0 saturated carbocycles. The maximum Gasteiger partial charge on any atom is 0.281 e. The van der Waals surface area contributed by atoms with E-state index in [9.17, 15) is 0 Å². The monoisotopic (exact) mass is 203 g/mol. The summed E-state index contributed by atoms with van der Waals surface area (Å²) in [5.41, 5.74) is 4.61. The molecule has 0 saturated heterocycles. The normalized spacial score (nSPS) is 15.6. The van der Waals surface area contributed by atoms with Crippen molar-refractivity contribution in [3.05, 3.63) is 29.2 Å². The van der Waals surface area contributed by atoms with E-state index in [1.165, 1.54) is 11.4 Å². The van der Waals surface area contributed by atoms with E-state index in [-0.39, 0.29) is 0 Å². The summed E-state index contributed by atoms with van der Waals surface area (Å²) in [6.07, 6.45) is 2.11. The van der Waals surface area contributed by atoms with Gasteiger partial charge in [0.15, 0.2) is 0 Å². The van der Waals surface area contributed by atoms with Gasteiger partial charge >= 0.3 is 0 Å². The van der Waals surface area contributed by atoms with Crippen molar-refractivity contribution in [2.24, 2.45) is 0 Å². The number of allylic oxidation sites excluding steroid dienone is 2. The van der Waals surface area contributed by atoms with Crippen LogP contribution in [0.15, 0.2) is 17.8 Å². The highest BCUT2D eigenvalue weighted by atomic mass is 15.5. The Labute approximate surface area is 90.6 Å². The summed E-state index contributed by atoms with van der Waals surface area (Å²) in [5.74, 6) is 0. The lowest BCUT2D eigenvalue weighted by atomic mass is 10.1. The highest BCUT2D eigenvalue weighted by Crippen LogP contribution is 2.07. The van der Waals surface area contributed by atoms with E-state index in [0.29, 0.717) is 0 Å². The van der Waals surface area contributed by atoms with E-state index in [0.717, 1.165) is 11.4 Å². The average Bonchev–Trinajstić information content (AvgIpc) is 2.58. The Bertz CT molecular complexity index is 444. The van der Waals surface area contributed by atoms with Crippen LogP contribution in [0.3, 0.4) is 0 Å². The first-order valence-corrected chi connectivity index (χ1v) is 5.34. The Balaban J connectivity index is 2.17. The van der Waals surface area contributed by atoms with Gasteiger partial charge in [0.1, 0.15) is 5.10 Å². The molecule has 1 aromatic heterocycles. The minimum absolute atomic E-state index is 0.506. The quantitative estimate of drug-likeness (QED) is 0.647. The van der Waals surface area contributed by atoms with Crippen molar-refractivity contribution in [3.63, 3.8) is 0 Å². The number of rotatable bonds is 2. The van der Waals surface area contributed by atoms with Crippen LogP contribution in [0.25, 0.3) is 0 Å². The molecule has 0 fully saturated rings. The highest BCUT2D eigenvalue weighted by molar-refractivity contribution is 6.31. The molecule has 15 heavy (non-hydrogen) atoms. The molecule has 0 spiro atoms. The summed E-state index contributed by atoms with van der Waals surface area (Å²) < 4.78 is 2.09. The van der Waals surface area contributed by atoms with Gasteiger partial charge in [-0.1, -0.05) is 0 Å². The lowest BCUT2D eigenvalue weighted by molar-refractivity contribution is 0.518. The van der Waals surface area contributed by atoms with Gasteiger partial charge in [-0.2, -0.15) is 0 Å². The topological polar surface area (TPSA) is 35.2 Å². The zero-order valence-electron chi connectivity index (χ0n) is 9.94. The fraction of sp³-hybridized carbons (Fsp3) is 0.400. The first-order valence-electron chi connectivity index (χ1n) is 5.34. The van der Waals surface area contributed by atoms with Crippen LogP contribution in [0.4, 0.5) is 0 Å². The van der Waals surface area contributed by atoms with Crippen molar-refractivity contribution in [2.75, 3.05) is 0 Å². The number of hydrogen-bond acceptors (Lipinski definition) is 3. The van der Waals surface area contributed by atoms with Crippen LogP contribution < -0.4 is 5.10 Å². The molecule has 0 bridgehead atoms. The fourth-order valence-corrected chi connectivity index (χ4v) is 2.06. The number of aryl methyl sites for hydroxylation is 2. The summed E-state index contributed by atoms with van der Waals surface area (Å²) in [6, 6.07) is 2.11. The van der Waals surface area contributed by atoms with Crippen molar-refractivity contribution in [3.8, 4) is 0 Å². The Kier molecular flexibility index (Phi) is 2.38. The van der Waals surface area contributed by atoms with Crippen LogP contribution in [0.2, 0.25) is 0 Å². The maximum absolute atomic E-state index is 4.47. The molecule has 2 rings (SSSR count). The summed E-state index contributed by atoms with van der Waals surface area (Å²) in [7, 11) is -0.506. The summed E-state index contributed by atoms with van der Waals surface area (Å²) >= 11 is 0. The molecular weight excluding hydrogens is 187 g/mol. The van der Waals surface area contributed by atoms with Crippen LogP contribution in [0.5, 0.6) is 0 Å². The molecule has 0 amide bonds. The molecule has 0 N–H and O–H groups in total. The zero-order chi connectivity index (χ0) is 11.0. The Morgan fingerprint density at radius 1 is 1.27 bits per heavy atom. The summed E-state index contributed by atoms with van der Waals surface area (Å²) in [6.45, 7) is 8.23. The summed E-state index contributed by atoms with van der Waals surface area (Å²) in [5, 5.41) is 8.93. The second-order valence-electron chi connectivity index (χ2n) is 4.30. The second-order valence-corrected chi connectivity index (χ2v) is 4.30. The predicted octanol–water partition coefficient (Wildman–Crippen LogP) is 0.278. The highest BCUT2D eigenvalue weighted by Gasteiger charge is 2.19. The van der Waals surface area contributed by atoms with Crippen molar-refractivity contribution in [2.45, 2.75) is 27.7 Å². The van der Waals surface area contributed by atoms with Gasteiger partial charge in [-0.3, -0.25) is 0 Å². The van der Waals surface area contributed by atoms with Gasteiger partial charge in [-0.15, -0.1) is 0 Å². The fourth-order valence-electron chi connectivity index (χ4n) is 2.06. The minimum atomic E-state index is -0.506. The third-order valence-electron chi connectivity index (χ3n) is 2.85. The van der Waals surface area contributed by atoms with Crippen LogP contribution in [0, 0.1) is 13.8 Å². The molecule has 0 aliphatic carbocycles. The minimum Gasteiger partial charge on any atom is -0.421 e. The molecule has 4 nitrogen and oxygen atoms in total. The van der Waals surface area contributed by atoms with Crippen LogP contribution in [-0.2, 0) is 0 Å². The number of hydrogen-bond donors (Lipinski definition) is 0. The van der Waals surface area contributed by atoms with Crippen LogP contribution in [0.1, 0.15) is 25.2 Å². The first kappa shape index (κ1) is 10.0. The largest absolute Gasteiger partial charge is 0.421 e. The molecule has 0 atom stereocenters. The molecule has 1 aromatic rings. The van der Waals surface area contributed by atoms with Gasteiger partial charge in [-0.25, -0.2) is 10.0 Å². The van der Waals surface area contributed by atoms with Gasteiger partial charge in [-0.05, 0) is 32.5 Å². The van der Waals surface area contributed by atoms with Gasteiger partial charge in [0, 0.05) is 18.7 Å². The number of hydrazone groups is 1. The number of aromatic nitrogens is 2. The molecule has 0 aromatic carbocycles. The third kappa shape index (κ3) is 1.96. The molecule has 2 heterocycles. The maximum atomic E-state index is 4.47. The average molecular weight is 203 g/mol. The van der Waals surface area contributed by atoms with Crippen molar-refractivity contribution < 1.29 is 0 Å². The van der Waals surface area contributed by atoms with Crippen LogP contribution >= 0.6 is 0 Å². The van der Waals surface area contributed by atoms with E-state index >= 15 is 0 Å². The van der Waals surface area contributed by atoms with Crippen molar-refractivity contribution >= 4 is 13.3 Å². The summed E-state index contributed by atoms with van der Waals surface area (Å²) in [4.78, 5) is 2.09. The predicted molar refractivity (Wildman–Crippen MR) is 64.1 cm³/mol. The van der Waals surface area contributed by atoms with Crippen molar-refractivity contribution in [1.82, 2.24) is 19.7 Å². The molecule has 1 radical (unpaired) electrons. The molecule has 79 valence electrons.